The monoisotopic (exact) mass is 413 g/mol. The number of carboxylic acid groups (broad SMARTS) is 1. The van der Waals surface area contributed by atoms with Gasteiger partial charge in [0, 0.05) is 5.39 Å². The zero-order chi connectivity index (χ0) is 21.8. The molecule has 156 valence electrons. The van der Waals surface area contributed by atoms with Crippen LogP contribution in [0, 0.1) is 6.92 Å². The minimum Gasteiger partial charge on any atom is -0.481 e. The summed E-state index contributed by atoms with van der Waals surface area (Å²) in [4.78, 5) is 24.7. The molecule has 0 saturated carbocycles. The molecule has 3 aromatic carbocycles. The molecule has 0 radical (unpaired) electrons. The number of nitrogens with zero attached hydrogens (tertiary/aromatic N) is 2. The summed E-state index contributed by atoms with van der Waals surface area (Å²) >= 11 is 0. The molecule has 0 fully saturated rings. The molecule has 0 aliphatic heterocycles. The van der Waals surface area contributed by atoms with Crippen LogP contribution in [0.3, 0.4) is 0 Å². The number of rotatable bonds is 7. The second-order valence-electron chi connectivity index (χ2n) is 7.49. The van der Waals surface area contributed by atoms with Crippen molar-refractivity contribution in [1.82, 2.24) is 15.1 Å². The second kappa shape index (κ2) is 8.83. The van der Waals surface area contributed by atoms with Gasteiger partial charge in [-0.1, -0.05) is 72.8 Å². The summed E-state index contributed by atoms with van der Waals surface area (Å²) in [6.07, 6.45) is -0.209. The predicted molar refractivity (Wildman–Crippen MR) is 119 cm³/mol. The summed E-state index contributed by atoms with van der Waals surface area (Å²) < 4.78 is 1.81. The molecule has 6 nitrogen and oxygen atoms in total. The highest BCUT2D eigenvalue weighted by molar-refractivity contribution is 6.05. The normalized spacial score (nSPS) is 11.9. The van der Waals surface area contributed by atoms with Crippen LogP contribution in [0.2, 0.25) is 0 Å². The molecule has 0 aliphatic carbocycles. The first kappa shape index (κ1) is 20.3. The molecule has 0 bridgehead atoms. The molecule has 1 unspecified atom stereocenters. The van der Waals surface area contributed by atoms with Gasteiger partial charge in [0.2, 0.25) is 0 Å². The van der Waals surface area contributed by atoms with Crippen LogP contribution in [-0.4, -0.2) is 26.8 Å². The maximum Gasteiger partial charge on any atom is 0.305 e. The zero-order valence-electron chi connectivity index (χ0n) is 17.2. The Bertz CT molecular complexity index is 1230. The lowest BCUT2D eigenvalue weighted by atomic mass is 9.98. The van der Waals surface area contributed by atoms with E-state index < -0.39 is 17.9 Å². The van der Waals surface area contributed by atoms with E-state index in [-0.39, 0.29) is 12.1 Å². The molecule has 1 aromatic heterocycles. The van der Waals surface area contributed by atoms with Crippen LogP contribution in [0.25, 0.3) is 10.9 Å². The lowest BCUT2D eigenvalue weighted by Gasteiger charge is -2.19. The molecule has 31 heavy (non-hydrogen) atoms. The van der Waals surface area contributed by atoms with Gasteiger partial charge < -0.3 is 10.4 Å². The maximum absolute atomic E-state index is 13.2. The van der Waals surface area contributed by atoms with Gasteiger partial charge in [-0.05, 0) is 29.7 Å². The van der Waals surface area contributed by atoms with Crippen molar-refractivity contribution in [3.63, 3.8) is 0 Å². The van der Waals surface area contributed by atoms with Crippen LogP contribution < -0.4 is 5.32 Å². The number of aromatic nitrogens is 2. The van der Waals surface area contributed by atoms with Gasteiger partial charge in [-0.25, -0.2) is 0 Å². The largest absolute Gasteiger partial charge is 0.481 e. The van der Waals surface area contributed by atoms with Crippen molar-refractivity contribution in [3.8, 4) is 0 Å². The number of hydrogen-bond donors (Lipinski definition) is 2. The fraction of sp³-hybridized carbons (Fsp3) is 0.160. The molecule has 1 heterocycles. The zero-order valence-corrected chi connectivity index (χ0v) is 17.2. The molecule has 0 saturated heterocycles. The Morgan fingerprint density at radius 1 is 0.968 bits per heavy atom. The average Bonchev–Trinajstić information content (AvgIpc) is 3.13. The first-order chi connectivity index (χ1) is 15.0. The van der Waals surface area contributed by atoms with Crippen molar-refractivity contribution < 1.29 is 14.7 Å². The fourth-order valence-corrected chi connectivity index (χ4v) is 3.79. The number of para-hydroxylation sites is 1. The van der Waals surface area contributed by atoms with E-state index in [4.69, 9.17) is 0 Å². The van der Waals surface area contributed by atoms with Gasteiger partial charge in [0.05, 0.1) is 24.5 Å². The van der Waals surface area contributed by atoms with Gasteiger partial charge in [-0.15, -0.1) is 0 Å². The van der Waals surface area contributed by atoms with E-state index in [1.54, 1.807) is 4.68 Å². The Balaban J connectivity index is 1.68. The van der Waals surface area contributed by atoms with Crippen molar-refractivity contribution in [2.24, 2.45) is 0 Å². The number of carboxylic acids is 1. The maximum atomic E-state index is 13.2. The molecular formula is C25H23N3O3. The van der Waals surface area contributed by atoms with Gasteiger partial charge in [0.25, 0.3) is 5.91 Å². The Hall–Kier alpha value is -3.93. The Kier molecular flexibility index (Phi) is 5.80. The lowest BCUT2D eigenvalue weighted by Crippen LogP contribution is -2.31. The van der Waals surface area contributed by atoms with Crippen LogP contribution in [-0.2, 0) is 11.3 Å². The predicted octanol–water partition coefficient (Wildman–Crippen LogP) is 4.34. The molecule has 4 rings (SSSR count). The van der Waals surface area contributed by atoms with E-state index in [1.165, 1.54) is 0 Å². The topological polar surface area (TPSA) is 84.2 Å². The third-order valence-electron chi connectivity index (χ3n) is 5.30. The van der Waals surface area contributed by atoms with Crippen molar-refractivity contribution in [2.45, 2.75) is 25.9 Å². The Morgan fingerprint density at radius 2 is 1.65 bits per heavy atom. The van der Waals surface area contributed by atoms with Gasteiger partial charge in [0.15, 0.2) is 5.69 Å². The summed E-state index contributed by atoms with van der Waals surface area (Å²) in [7, 11) is 0. The molecule has 1 amide bonds. The third kappa shape index (κ3) is 4.48. The Labute approximate surface area is 180 Å². The fourth-order valence-electron chi connectivity index (χ4n) is 3.79. The number of aryl methyl sites for hydroxylation is 1. The van der Waals surface area contributed by atoms with Crippen LogP contribution in [0.4, 0.5) is 0 Å². The second-order valence-corrected chi connectivity index (χ2v) is 7.49. The van der Waals surface area contributed by atoms with Crippen molar-refractivity contribution in [1.29, 1.82) is 0 Å². The van der Waals surface area contributed by atoms with Crippen LogP contribution in [0.5, 0.6) is 0 Å². The summed E-state index contributed by atoms with van der Waals surface area (Å²) in [6.45, 7) is 2.44. The molecule has 0 spiro atoms. The number of hydrogen-bond acceptors (Lipinski definition) is 3. The number of nitrogens with one attached hydrogen (secondary N) is 1. The van der Waals surface area contributed by atoms with Crippen LogP contribution in [0.1, 0.15) is 39.6 Å². The Morgan fingerprint density at radius 3 is 2.39 bits per heavy atom. The van der Waals surface area contributed by atoms with Crippen molar-refractivity contribution in [2.75, 3.05) is 0 Å². The quantitative estimate of drug-likeness (QED) is 0.472. The summed E-state index contributed by atoms with van der Waals surface area (Å²) in [5.74, 6) is -1.37. The lowest BCUT2D eigenvalue weighted by molar-refractivity contribution is -0.137. The minimum atomic E-state index is -0.979. The summed E-state index contributed by atoms with van der Waals surface area (Å²) in [5.41, 5.74) is 3.92. The number of carbonyl (C=O) groups excluding carboxylic acids is 1. The SMILES string of the molecule is Cc1ccccc1C(CC(=O)O)NC(=O)c1nn(Cc2ccccc2)c2ccccc12. The van der Waals surface area contributed by atoms with E-state index >= 15 is 0 Å². The van der Waals surface area contributed by atoms with E-state index in [0.717, 1.165) is 27.6 Å². The van der Waals surface area contributed by atoms with Gasteiger partial charge >= 0.3 is 5.97 Å². The molecule has 6 heteroatoms. The number of fused-ring (bicyclic) bond motifs is 1. The number of benzene rings is 3. The van der Waals surface area contributed by atoms with Gasteiger partial charge in [-0.2, -0.15) is 5.10 Å². The van der Waals surface area contributed by atoms with E-state index in [1.807, 2.05) is 85.8 Å². The first-order valence-corrected chi connectivity index (χ1v) is 10.1. The van der Waals surface area contributed by atoms with E-state index in [2.05, 4.69) is 10.4 Å². The molecule has 1 atom stereocenters. The first-order valence-electron chi connectivity index (χ1n) is 10.1. The molecule has 0 aliphatic rings. The highest BCUT2D eigenvalue weighted by Crippen LogP contribution is 2.24. The highest BCUT2D eigenvalue weighted by atomic mass is 16.4. The molecular weight excluding hydrogens is 390 g/mol. The number of amides is 1. The minimum absolute atomic E-state index is 0.209. The summed E-state index contributed by atoms with van der Waals surface area (Å²) in [5, 5.41) is 17.6. The average molecular weight is 413 g/mol. The van der Waals surface area contributed by atoms with E-state index in [0.29, 0.717) is 6.54 Å². The smallest absolute Gasteiger partial charge is 0.305 e. The van der Waals surface area contributed by atoms with E-state index in [9.17, 15) is 14.7 Å². The van der Waals surface area contributed by atoms with Gasteiger partial charge in [0.1, 0.15) is 0 Å². The van der Waals surface area contributed by atoms with Crippen LogP contribution >= 0.6 is 0 Å². The van der Waals surface area contributed by atoms with Gasteiger partial charge in [-0.3, -0.25) is 14.3 Å². The standard InChI is InChI=1S/C25H23N3O3/c1-17-9-5-6-12-19(17)21(15-23(29)30)26-25(31)24-20-13-7-8-14-22(20)28(27-24)16-18-10-3-2-4-11-18/h2-14,21H,15-16H2,1H3,(H,26,31)(H,29,30). The molecule has 4 aromatic rings. The van der Waals surface area contributed by atoms with Crippen LogP contribution in [0.15, 0.2) is 78.9 Å². The number of carbonyl (C=O) groups is 2. The van der Waals surface area contributed by atoms with Crippen molar-refractivity contribution >= 4 is 22.8 Å². The van der Waals surface area contributed by atoms with Crippen molar-refractivity contribution in [3.05, 3.63) is 101 Å². The molecule has 2 N–H and O–H groups in total. The third-order valence-corrected chi connectivity index (χ3v) is 5.30. The summed E-state index contributed by atoms with van der Waals surface area (Å²) in [6, 6.07) is 24.3. The number of aliphatic carboxylic acids is 1. The highest BCUT2D eigenvalue weighted by Gasteiger charge is 2.23.